The van der Waals surface area contributed by atoms with Gasteiger partial charge in [-0.3, -0.25) is 0 Å². The van der Waals surface area contributed by atoms with E-state index >= 15 is 0 Å². The summed E-state index contributed by atoms with van der Waals surface area (Å²) in [6, 6.07) is 0. The Bertz CT molecular complexity index is 315. The molecule has 3 N–H and O–H groups in total. The summed E-state index contributed by atoms with van der Waals surface area (Å²) in [6.07, 6.45) is 8.99. The molecular formula is C13H23N3O. The van der Waals surface area contributed by atoms with Gasteiger partial charge in [-0.25, -0.2) is 4.98 Å². The fourth-order valence-electron chi connectivity index (χ4n) is 2.61. The number of nitrogens with zero attached hydrogens (tertiary/aromatic N) is 1. The molecular weight excluding hydrogens is 214 g/mol. The van der Waals surface area contributed by atoms with Crippen LogP contribution in [-0.2, 0) is 6.54 Å². The lowest BCUT2D eigenvalue weighted by Gasteiger charge is -2.35. The number of hydrogen-bond acceptors (Lipinski definition) is 3. The van der Waals surface area contributed by atoms with E-state index in [0.29, 0.717) is 13.1 Å². The van der Waals surface area contributed by atoms with Crippen LogP contribution in [0.3, 0.4) is 0 Å². The Morgan fingerprint density at radius 3 is 2.88 bits per heavy atom. The van der Waals surface area contributed by atoms with Gasteiger partial charge in [-0.05, 0) is 31.6 Å². The topological polar surface area (TPSA) is 60.9 Å². The number of H-pyrrole nitrogens is 1. The summed E-state index contributed by atoms with van der Waals surface area (Å²) in [7, 11) is 0. The third kappa shape index (κ3) is 3.54. The van der Waals surface area contributed by atoms with Crippen LogP contribution in [0.5, 0.6) is 0 Å². The maximum absolute atomic E-state index is 10.4. The van der Waals surface area contributed by atoms with Gasteiger partial charge in [-0.2, -0.15) is 0 Å². The van der Waals surface area contributed by atoms with Crippen LogP contribution in [-0.4, -0.2) is 27.2 Å². The molecule has 0 atom stereocenters. The predicted octanol–water partition coefficient (Wildman–Crippen LogP) is 1.83. The first-order valence-electron chi connectivity index (χ1n) is 6.63. The van der Waals surface area contributed by atoms with E-state index in [0.717, 1.165) is 37.4 Å². The molecule has 1 heterocycles. The first kappa shape index (κ1) is 12.6. The van der Waals surface area contributed by atoms with Crippen molar-refractivity contribution < 1.29 is 5.11 Å². The number of aromatic nitrogens is 2. The lowest BCUT2D eigenvalue weighted by atomic mass is 9.78. The molecule has 0 bridgehead atoms. The normalized spacial score (nSPS) is 29.4. The standard InChI is InChI=1S/C13H23N3O/c1-2-11-3-5-13(17,6-4-11)10-14-9-12-15-7-8-16-12/h7-8,11,14,17H,2-6,9-10H2,1H3,(H,15,16). The quantitative estimate of drug-likeness (QED) is 0.732. The first-order chi connectivity index (χ1) is 8.22. The number of nitrogens with one attached hydrogen (secondary N) is 2. The summed E-state index contributed by atoms with van der Waals surface area (Å²) >= 11 is 0. The molecule has 0 unspecified atom stereocenters. The average molecular weight is 237 g/mol. The summed E-state index contributed by atoms with van der Waals surface area (Å²) in [4.78, 5) is 7.20. The molecule has 0 spiro atoms. The zero-order chi connectivity index (χ0) is 12.1. The van der Waals surface area contributed by atoms with Gasteiger partial charge in [0.2, 0.25) is 0 Å². The molecule has 4 heteroatoms. The van der Waals surface area contributed by atoms with Crippen molar-refractivity contribution in [3.63, 3.8) is 0 Å². The monoisotopic (exact) mass is 237 g/mol. The highest BCUT2D eigenvalue weighted by Gasteiger charge is 2.32. The van der Waals surface area contributed by atoms with Gasteiger partial charge in [0.1, 0.15) is 5.82 Å². The minimum atomic E-state index is -0.502. The zero-order valence-electron chi connectivity index (χ0n) is 10.6. The molecule has 0 amide bonds. The van der Waals surface area contributed by atoms with Crippen molar-refractivity contribution in [1.29, 1.82) is 0 Å². The molecule has 1 aromatic rings. The molecule has 0 saturated heterocycles. The summed E-state index contributed by atoms with van der Waals surface area (Å²) in [6.45, 7) is 3.61. The summed E-state index contributed by atoms with van der Waals surface area (Å²) < 4.78 is 0. The van der Waals surface area contributed by atoms with Crippen molar-refractivity contribution >= 4 is 0 Å². The molecule has 0 radical (unpaired) electrons. The van der Waals surface area contributed by atoms with E-state index in [9.17, 15) is 5.11 Å². The lowest BCUT2D eigenvalue weighted by Crippen LogP contribution is -2.43. The van der Waals surface area contributed by atoms with Crippen LogP contribution in [0.15, 0.2) is 12.4 Å². The minimum Gasteiger partial charge on any atom is -0.389 e. The van der Waals surface area contributed by atoms with E-state index < -0.39 is 5.60 Å². The predicted molar refractivity (Wildman–Crippen MR) is 67.5 cm³/mol. The summed E-state index contributed by atoms with van der Waals surface area (Å²) in [5.41, 5.74) is -0.502. The molecule has 1 fully saturated rings. The van der Waals surface area contributed by atoms with Crippen LogP contribution in [0.1, 0.15) is 44.9 Å². The molecule has 1 saturated carbocycles. The van der Waals surface area contributed by atoms with E-state index in [1.54, 1.807) is 6.20 Å². The van der Waals surface area contributed by atoms with Crippen LogP contribution >= 0.6 is 0 Å². The number of hydrogen-bond donors (Lipinski definition) is 3. The third-order valence-corrected chi connectivity index (χ3v) is 3.91. The second-order valence-electron chi connectivity index (χ2n) is 5.22. The Balaban J connectivity index is 1.71. The Hall–Kier alpha value is -0.870. The number of aromatic amines is 1. The number of rotatable bonds is 5. The molecule has 0 aliphatic heterocycles. The molecule has 96 valence electrons. The van der Waals surface area contributed by atoms with Crippen LogP contribution in [0.4, 0.5) is 0 Å². The second-order valence-corrected chi connectivity index (χ2v) is 5.22. The van der Waals surface area contributed by atoms with Crippen LogP contribution in [0.2, 0.25) is 0 Å². The van der Waals surface area contributed by atoms with E-state index in [1.165, 1.54) is 6.42 Å². The van der Waals surface area contributed by atoms with Gasteiger partial charge in [0.25, 0.3) is 0 Å². The van der Waals surface area contributed by atoms with E-state index in [-0.39, 0.29) is 0 Å². The van der Waals surface area contributed by atoms with Gasteiger partial charge in [0.15, 0.2) is 0 Å². The van der Waals surface area contributed by atoms with Crippen molar-refractivity contribution in [3.8, 4) is 0 Å². The van der Waals surface area contributed by atoms with Crippen LogP contribution < -0.4 is 5.32 Å². The van der Waals surface area contributed by atoms with Gasteiger partial charge in [0, 0.05) is 18.9 Å². The maximum Gasteiger partial charge on any atom is 0.120 e. The molecule has 1 aliphatic carbocycles. The summed E-state index contributed by atoms with van der Waals surface area (Å²) in [5.74, 6) is 1.75. The third-order valence-electron chi connectivity index (χ3n) is 3.91. The van der Waals surface area contributed by atoms with Crippen molar-refractivity contribution in [2.45, 2.75) is 51.2 Å². The second kappa shape index (κ2) is 5.65. The van der Waals surface area contributed by atoms with Crippen molar-refractivity contribution in [1.82, 2.24) is 15.3 Å². The SMILES string of the molecule is CCC1CCC(O)(CNCc2ncc[nH]2)CC1. The fraction of sp³-hybridized carbons (Fsp3) is 0.769. The minimum absolute atomic E-state index is 0.502. The highest BCUT2D eigenvalue weighted by atomic mass is 16.3. The lowest BCUT2D eigenvalue weighted by molar-refractivity contribution is -0.00890. The molecule has 17 heavy (non-hydrogen) atoms. The Morgan fingerprint density at radius 2 is 2.29 bits per heavy atom. The fourth-order valence-corrected chi connectivity index (χ4v) is 2.61. The van der Waals surface area contributed by atoms with Gasteiger partial charge >= 0.3 is 0 Å². The van der Waals surface area contributed by atoms with Crippen molar-refractivity contribution in [2.24, 2.45) is 5.92 Å². The van der Waals surface area contributed by atoms with Crippen molar-refractivity contribution in [3.05, 3.63) is 18.2 Å². The van der Waals surface area contributed by atoms with Crippen LogP contribution in [0.25, 0.3) is 0 Å². The Labute approximate surface area is 103 Å². The highest BCUT2D eigenvalue weighted by molar-refractivity contribution is 4.90. The van der Waals surface area contributed by atoms with Gasteiger partial charge in [-0.15, -0.1) is 0 Å². The van der Waals surface area contributed by atoms with Crippen LogP contribution in [0, 0.1) is 5.92 Å². The number of imidazole rings is 1. The molecule has 1 aromatic heterocycles. The highest BCUT2D eigenvalue weighted by Crippen LogP contribution is 2.33. The van der Waals surface area contributed by atoms with Gasteiger partial charge in [-0.1, -0.05) is 13.3 Å². The molecule has 0 aromatic carbocycles. The van der Waals surface area contributed by atoms with Crippen molar-refractivity contribution in [2.75, 3.05) is 6.54 Å². The van der Waals surface area contributed by atoms with Gasteiger partial charge in [0.05, 0.1) is 12.1 Å². The molecule has 2 rings (SSSR count). The van der Waals surface area contributed by atoms with E-state index in [4.69, 9.17) is 0 Å². The first-order valence-corrected chi connectivity index (χ1v) is 6.63. The molecule has 1 aliphatic rings. The Kier molecular flexibility index (Phi) is 4.18. The number of aliphatic hydroxyl groups is 1. The maximum atomic E-state index is 10.4. The molecule has 4 nitrogen and oxygen atoms in total. The van der Waals surface area contributed by atoms with E-state index in [1.807, 2.05) is 6.20 Å². The smallest absolute Gasteiger partial charge is 0.120 e. The average Bonchev–Trinajstić information content (AvgIpc) is 2.83. The van der Waals surface area contributed by atoms with Gasteiger partial charge < -0.3 is 15.4 Å². The summed E-state index contributed by atoms with van der Waals surface area (Å²) in [5, 5.41) is 13.7. The van der Waals surface area contributed by atoms with E-state index in [2.05, 4.69) is 22.2 Å². The largest absolute Gasteiger partial charge is 0.389 e. The zero-order valence-corrected chi connectivity index (χ0v) is 10.6. The Morgan fingerprint density at radius 1 is 1.53 bits per heavy atom.